The van der Waals surface area contributed by atoms with E-state index in [-0.39, 0.29) is 11.2 Å². The molecule has 4 heteroatoms. The number of nitrogens with zero attached hydrogens (tertiary/aromatic N) is 1. The summed E-state index contributed by atoms with van der Waals surface area (Å²) in [7, 11) is 0. The lowest BCUT2D eigenvalue weighted by atomic mass is 9.96. The van der Waals surface area contributed by atoms with E-state index in [1.807, 2.05) is 0 Å². The van der Waals surface area contributed by atoms with E-state index in [2.05, 4.69) is 93.7 Å². The van der Waals surface area contributed by atoms with Crippen molar-refractivity contribution in [2.75, 3.05) is 0 Å². The van der Waals surface area contributed by atoms with Crippen molar-refractivity contribution in [3.8, 4) is 0 Å². The van der Waals surface area contributed by atoms with Gasteiger partial charge >= 0.3 is 0 Å². The largest absolute Gasteiger partial charge is 0.369 e. The van der Waals surface area contributed by atoms with Gasteiger partial charge in [-0.25, -0.2) is 0 Å². The summed E-state index contributed by atoms with van der Waals surface area (Å²) < 4.78 is 0. The van der Waals surface area contributed by atoms with Crippen LogP contribution in [0.2, 0.25) is 0 Å². The summed E-state index contributed by atoms with van der Waals surface area (Å²) >= 11 is 1.21. The lowest BCUT2D eigenvalue weighted by Crippen LogP contribution is -2.22. The minimum atomic E-state index is -0.366. The van der Waals surface area contributed by atoms with Gasteiger partial charge in [0.15, 0.2) is 0 Å². The Kier molecular flexibility index (Phi) is 9.31. The zero-order valence-electron chi connectivity index (χ0n) is 16.5. The number of amides is 1. The van der Waals surface area contributed by atoms with Crippen molar-refractivity contribution in [2.24, 2.45) is 10.7 Å². The second-order valence-electron chi connectivity index (χ2n) is 6.20. The molecule has 1 amide bonds. The van der Waals surface area contributed by atoms with Gasteiger partial charge in [-0.2, -0.15) is 0 Å². The highest BCUT2D eigenvalue weighted by Gasteiger charge is 2.09. The summed E-state index contributed by atoms with van der Waals surface area (Å²) in [5.41, 5.74) is 11.6. The Morgan fingerprint density at radius 3 is 2.11 bits per heavy atom. The number of nitrogens with two attached hydrogens (primary N) is 1. The molecule has 3 nitrogen and oxygen atoms in total. The molecule has 0 aliphatic heterocycles. The van der Waals surface area contributed by atoms with Gasteiger partial charge in [0, 0.05) is 0 Å². The predicted molar refractivity (Wildman–Crippen MR) is 121 cm³/mol. The van der Waals surface area contributed by atoms with Crippen LogP contribution in [-0.2, 0) is 4.79 Å². The molecule has 0 fully saturated rings. The third kappa shape index (κ3) is 7.67. The maximum atomic E-state index is 10.4. The Labute approximate surface area is 167 Å². The van der Waals surface area contributed by atoms with Crippen LogP contribution < -0.4 is 5.73 Å². The number of carbonyl (C=O) groups excluding carboxylic acids is 1. The van der Waals surface area contributed by atoms with Crippen LogP contribution in [0.3, 0.4) is 0 Å². The molecule has 0 heterocycles. The Hall–Kier alpha value is -2.59. The topological polar surface area (TPSA) is 55.4 Å². The fraction of sp³-hybridized carbons (Fsp3) is 0.217. The number of rotatable bonds is 6. The molecule has 2 aromatic rings. The molecule has 0 aliphatic carbocycles. The minimum absolute atomic E-state index is 0.280. The van der Waals surface area contributed by atoms with Crippen molar-refractivity contribution >= 4 is 35.5 Å². The molecule has 2 rings (SSSR count). The monoisotopic (exact) mass is 380 g/mol. The molecule has 142 valence electrons. The molecule has 1 atom stereocenters. The van der Waals surface area contributed by atoms with E-state index in [0.29, 0.717) is 5.03 Å². The molecule has 2 N–H and O–H groups in total. The molecule has 0 aromatic heterocycles. The first kappa shape index (κ1) is 22.5. The Morgan fingerprint density at radius 2 is 1.59 bits per heavy atom. The van der Waals surface area contributed by atoms with Crippen molar-refractivity contribution < 1.29 is 4.79 Å². The van der Waals surface area contributed by atoms with Crippen LogP contribution in [0, 0.1) is 6.92 Å². The molecular formula is C23H28N2OS. The summed E-state index contributed by atoms with van der Waals surface area (Å²) in [4.78, 5) is 14.0. The molecule has 0 saturated heterocycles. The molecule has 0 saturated carbocycles. The number of allylic oxidation sites excluding steroid dienone is 2. The number of hydrogen-bond donors (Lipinski definition) is 1. The molecule has 0 aliphatic rings. The van der Waals surface area contributed by atoms with E-state index in [1.54, 1.807) is 6.92 Å². The first-order valence-electron chi connectivity index (χ1n) is 8.67. The fourth-order valence-electron chi connectivity index (χ4n) is 2.30. The summed E-state index contributed by atoms with van der Waals surface area (Å²) in [5.74, 6) is -0.366. The summed E-state index contributed by atoms with van der Waals surface area (Å²) in [6.45, 7) is 15.0. The van der Waals surface area contributed by atoms with Gasteiger partial charge in [0.05, 0.1) is 10.3 Å². The molecule has 1 unspecified atom stereocenters. The molecular weight excluding hydrogens is 352 g/mol. The zero-order chi connectivity index (χ0) is 20.4. The van der Waals surface area contributed by atoms with E-state index in [0.717, 1.165) is 0 Å². The summed E-state index contributed by atoms with van der Waals surface area (Å²) in [6, 6.07) is 19.2. The number of aliphatic imine (C=N–C) groups is 1. The van der Waals surface area contributed by atoms with Crippen molar-refractivity contribution in [1.82, 2.24) is 0 Å². The van der Waals surface area contributed by atoms with Crippen LogP contribution in [0.25, 0.3) is 11.1 Å². The van der Waals surface area contributed by atoms with Crippen LogP contribution in [0.15, 0.2) is 71.2 Å². The number of carbonyl (C=O) groups is 1. The highest BCUT2D eigenvalue weighted by atomic mass is 32.2. The van der Waals surface area contributed by atoms with E-state index in [9.17, 15) is 4.79 Å². The van der Waals surface area contributed by atoms with E-state index < -0.39 is 0 Å². The lowest BCUT2D eigenvalue weighted by Gasteiger charge is -2.09. The van der Waals surface area contributed by atoms with Gasteiger partial charge in [0.1, 0.15) is 0 Å². The van der Waals surface area contributed by atoms with E-state index in [4.69, 9.17) is 5.73 Å². The third-order valence-corrected chi connectivity index (χ3v) is 5.10. The second-order valence-corrected chi connectivity index (χ2v) is 7.61. The Bertz CT molecular complexity index is 825. The second kappa shape index (κ2) is 11.2. The van der Waals surface area contributed by atoms with Gasteiger partial charge < -0.3 is 5.73 Å². The number of thioether (sulfide) groups is 1. The normalized spacial score (nSPS) is 12.1. The highest BCUT2D eigenvalue weighted by molar-refractivity contribution is 8.04. The van der Waals surface area contributed by atoms with Gasteiger partial charge in [0.2, 0.25) is 5.91 Å². The van der Waals surface area contributed by atoms with Crippen LogP contribution in [0.5, 0.6) is 0 Å². The smallest absolute Gasteiger partial charge is 0.230 e. The van der Waals surface area contributed by atoms with Gasteiger partial charge in [-0.1, -0.05) is 78.5 Å². The van der Waals surface area contributed by atoms with Gasteiger partial charge in [-0.05, 0) is 56.7 Å². The van der Waals surface area contributed by atoms with Crippen LogP contribution in [0.4, 0.5) is 0 Å². The molecule has 0 radical (unpaired) electrons. The van der Waals surface area contributed by atoms with Crippen molar-refractivity contribution in [3.63, 3.8) is 0 Å². The SMILES string of the molecule is C/C(=C(\C)c1cccc(C)c1)c1ccccc1.C=NC(=C)SC(C)C(N)=O. The maximum absolute atomic E-state index is 10.4. The number of primary amides is 1. The average molecular weight is 381 g/mol. The number of aryl methyl sites for hydroxylation is 1. The zero-order valence-corrected chi connectivity index (χ0v) is 17.3. The van der Waals surface area contributed by atoms with Gasteiger partial charge in [0.25, 0.3) is 0 Å². The van der Waals surface area contributed by atoms with Crippen molar-refractivity contribution in [1.29, 1.82) is 0 Å². The van der Waals surface area contributed by atoms with E-state index in [1.165, 1.54) is 39.6 Å². The Morgan fingerprint density at radius 1 is 1.04 bits per heavy atom. The summed E-state index contributed by atoms with van der Waals surface area (Å²) in [6.07, 6.45) is 0. The third-order valence-electron chi connectivity index (χ3n) is 4.11. The number of hydrogen-bond acceptors (Lipinski definition) is 3. The molecule has 27 heavy (non-hydrogen) atoms. The minimum Gasteiger partial charge on any atom is -0.369 e. The van der Waals surface area contributed by atoms with Gasteiger partial charge in [-0.3, -0.25) is 9.79 Å². The Balaban J connectivity index is 0.000000314. The molecule has 0 spiro atoms. The first-order valence-corrected chi connectivity index (χ1v) is 9.55. The predicted octanol–water partition coefficient (Wildman–Crippen LogP) is 5.71. The van der Waals surface area contributed by atoms with Crippen molar-refractivity contribution in [3.05, 3.63) is 82.9 Å². The van der Waals surface area contributed by atoms with Crippen LogP contribution in [-0.4, -0.2) is 17.9 Å². The maximum Gasteiger partial charge on any atom is 0.230 e. The average Bonchev–Trinajstić information content (AvgIpc) is 2.67. The van der Waals surface area contributed by atoms with E-state index >= 15 is 0 Å². The van der Waals surface area contributed by atoms with Crippen LogP contribution >= 0.6 is 11.8 Å². The molecule has 0 bridgehead atoms. The standard InChI is InChI=1S/C17H18.C6H10N2OS/c1-13-8-7-11-17(12-13)15(3)14(2)16-9-5-4-6-10-16;1-4(6(7)9)10-5(2)8-3/h4-12H,1-3H3;4H,2-3H2,1H3,(H2,7,9)/b15-14-;. The lowest BCUT2D eigenvalue weighted by molar-refractivity contribution is -0.117. The van der Waals surface area contributed by atoms with Crippen LogP contribution in [0.1, 0.15) is 37.5 Å². The van der Waals surface area contributed by atoms with Crippen molar-refractivity contribution in [2.45, 2.75) is 32.9 Å². The summed E-state index contributed by atoms with van der Waals surface area (Å²) in [5, 5.41) is 0.240. The number of benzene rings is 2. The quantitative estimate of drug-likeness (QED) is 0.515. The first-order chi connectivity index (χ1) is 12.8. The fourth-order valence-corrected chi connectivity index (χ4v) is 2.90. The van der Waals surface area contributed by atoms with Gasteiger partial charge in [-0.15, -0.1) is 0 Å². The molecule has 2 aromatic carbocycles. The highest BCUT2D eigenvalue weighted by Crippen LogP contribution is 2.25.